The number of amides is 1. The molecule has 26 heavy (non-hydrogen) atoms. The lowest BCUT2D eigenvalue weighted by molar-refractivity contribution is -0.274. The molecule has 0 aliphatic carbocycles. The lowest BCUT2D eigenvalue weighted by atomic mass is 10.3. The van der Waals surface area contributed by atoms with Crippen LogP contribution in [0.3, 0.4) is 0 Å². The fraction of sp³-hybridized carbons (Fsp3) is 0.400. The number of thiocarbonyl (C=S) groups is 1. The van der Waals surface area contributed by atoms with Crippen LogP contribution in [0.2, 0.25) is 0 Å². The number of nitrogens with zero attached hydrogens (tertiary/aromatic N) is 1. The third kappa shape index (κ3) is 8.77. The van der Waals surface area contributed by atoms with Crippen LogP contribution in [0.5, 0.6) is 5.75 Å². The van der Waals surface area contributed by atoms with Gasteiger partial charge in [0.1, 0.15) is 11.8 Å². The number of thioether (sulfide) groups is 1. The molecule has 0 aliphatic rings. The maximum Gasteiger partial charge on any atom is 0.573 e. The average molecular weight is 406 g/mol. The van der Waals surface area contributed by atoms with E-state index in [1.807, 2.05) is 12.3 Å². The molecule has 0 radical (unpaired) electrons. The van der Waals surface area contributed by atoms with Crippen LogP contribution in [-0.2, 0) is 4.79 Å². The number of rotatable bonds is 8. The van der Waals surface area contributed by atoms with E-state index >= 15 is 0 Å². The van der Waals surface area contributed by atoms with E-state index in [2.05, 4.69) is 20.7 Å². The molecule has 0 bridgehead atoms. The summed E-state index contributed by atoms with van der Waals surface area (Å²) in [5.74, 6) is -0.204. The smallest absolute Gasteiger partial charge is 0.406 e. The minimum atomic E-state index is -4.75. The predicted octanol–water partition coefficient (Wildman–Crippen LogP) is 2.63. The maximum absolute atomic E-state index is 12.1. The van der Waals surface area contributed by atoms with Gasteiger partial charge in [-0.2, -0.15) is 17.0 Å². The van der Waals surface area contributed by atoms with Crippen molar-refractivity contribution >= 4 is 40.7 Å². The highest BCUT2D eigenvalue weighted by Gasteiger charge is 2.31. The Balaban J connectivity index is 2.59. The highest BCUT2D eigenvalue weighted by molar-refractivity contribution is 7.98. The molecule has 0 aromatic heterocycles. The van der Waals surface area contributed by atoms with Crippen molar-refractivity contribution in [1.29, 1.82) is 5.26 Å². The second-order valence-corrected chi connectivity index (χ2v) is 6.20. The first-order chi connectivity index (χ1) is 12.2. The number of carbonyl (C=O) groups is 1. The van der Waals surface area contributed by atoms with E-state index in [9.17, 15) is 18.0 Å². The minimum absolute atomic E-state index is 0.143. The molecule has 11 heteroatoms. The summed E-state index contributed by atoms with van der Waals surface area (Å²) in [6.45, 7) is 0.239. The summed E-state index contributed by atoms with van der Waals surface area (Å²) >= 11 is 6.56. The first kappa shape index (κ1) is 21.9. The van der Waals surface area contributed by atoms with Gasteiger partial charge in [-0.25, -0.2) is 0 Å². The molecule has 1 amide bonds. The molecular formula is C15H17F3N4O2S2. The fourth-order valence-corrected chi connectivity index (χ4v) is 2.61. The fourth-order valence-electron chi connectivity index (χ4n) is 1.78. The zero-order valence-corrected chi connectivity index (χ0v) is 15.4. The number of halogens is 3. The number of hydrogen-bond acceptors (Lipinski definition) is 5. The number of nitrogens with one attached hydrogen (secondary N) is 3. The topological polar surface area (TPSA) is 86.2 Å². The first-order valence-electron chi connectivity index (χ1n) is 7.32. The van der Waals surface area contributed by atoms with Crippen molar-refractivity contribution in [1.82, 2.24) is 10.6 Å². The lowest BCUT2D eigenvalue weighted by Gasteiger charge is -2.19. The highest BCUT2D eigenvalue weighted by atomic mass is 32.2. The van der Waals surface area contributed by atoms with Crippen molar-refractivity contribution in [3.8, 4) is 11.8 Å². The number of ether oxygens (including phenoxy) is 1. The molecule has 142 valence electrons. The lowest BCUT2D eigenvalue weighted by Crippen LogP contribution is -2.49. The molecule has 0 spiro atoms. The van der Waals surface area contributed by atoms with Crippen molar-refractivity contribution in [3.05, 3.63) is 24.3 Å². The number of benzene rings is 1. The largest absolute Gasteiger partial charge is 0.573 e. The first-order valence-corrected chi connectivity index (χ1v) is 9.12. The van der Waals surface area contributed by atoms with Gasteiger partial charge in [0, 0.05) is 18.0 Å². The Kier molecular flexibility index (Phi) is 9.01. The molecule has 0 saturated carbocycles. The zero-order valence-electron chi connectivity index (χ0n) is 13.7. The predicted molar refractivity (Wildman–Crippen MR) is 97.9 cm³/mol. The van der Waals surface area contributed by atoms with E-state index in [1.165, 1.54) is 23.9 Å². The molecule has 0 saturated heterocycles. The second kappa shape index (κ2) is 10.7. The molecule has 1 rings (SSSR count). The number of alkyl halides is 3. The summed E-state index contributed by atoms with van der Waals surface area (Å²) in [7, 11) is 0. The van der Waals surface area contributed by atoms with Crippen molar-refractivity contribution in [3.63, 3.8) is 0 Å². The normalized spacial score (nSPS) is 11.8. The van der Waals surface area contributed by atoms with Crippen LogP contribution in [0, 0.1) is 11.3 Å². The van der Waals surface area contributed by atoms with E-state index in [0.29, 0.717) is 11.4 Å². The number of anilines is 1. The summed E-state index contributed by atoms with van der Waals surface area (Å²) in [6.07, 6.45) is -2.73. The van der Waals surface area contributed by atoms with E-state index in [0.717, 1.165) is 12.1 Å². The number of hydrogen-bond donors (Lipinski definition) is 3. The Hall–Kier alpha value is -2.19. The quantitative estimate of drug-likeness (QED) is 0.452. The third-order valence-corrected chi connectivity index (χ3v) is 3.72. The van der Waals surface area contributed by atoms with Crippen LogP contribution in [0.15, 0.2) is 24.3 Å². The van der Waals surface area contributed by atoms with Gasteiger partial charge in [0.2, 0.25) is 5.91 Å². The summed E-state index contributed by atoms with van der Waals surface area (Å²) in [5.41, 5.74) is 0.435. The summed E-state index contributed by atoms with van der Waals surface area (Å²) in [5, 5.41) is 16.9. The minimum Gasteiger partial charge on any atom is -0.406 e. The van der Waals surface area contributed by atoms with E-state index < -0.39 is 12.4 Å². The van der Waals surface area contributed by atoms with Crippen LogP contribution in [-0.4, -0.2) is 42.0 Å². The Labute approximate surface area is 158 Å². The van der Waals surface area contributed by atoms with Gasteiger partial charge in [-0.3, -0.25) is 4.79 Å². The third-order valence-electron chi connectivity index (χ3n) is 2.84. The summed E-state index contributed by atoms with van der Waals surface area (Å²) in [4.78, 5) is 12.1. The second-order valence-electron chi connectivity index (χ2n) is 4.88. The van der Waals surface area contributed by atoms with E-state index in [-0.39, 0.29) is 29.7 Å². The molecule has 0 fully saturated rings. The highest BCUT2D eigenvalue weighted by Crippen LogP contribution is 2.23. The van der Waals surface area contributed by atoms with Crippen LogP contribution < -0.4 is 20.7 Å². The van der Waals surface area contributed by atoms with Gasteiger partial charge in [-0.1, -0.05) is 0 Å². The molecule has 1 aromatic rings. The molecule has 0 aliphatic heterocycles. The van der Waals surface area contributed by atoms with Crippen molar-refractivity contribution in [2.45, 2.75) is 18.8 Å². The van der Waals surface area contributed by atoms with E-state index in [1.54, 1.807) is 0 Å². The molecule has 1 unspecified atom stereocenters. The summed E-state index contributed by atoms with van der Waals surface area (Å²) in [6, 6.07) is 6.34. The van der Waals surface area contributed by atoms with Gasteiger partial charge >= 0.3 is 6.36 Å². The number of nitriles is 1. The van der Waals surface area contributed by atoms with Gasteiger partial charge < -0.3 is 20.7 Å². The monoisotopic (exact) mass is 406 g/mol. The van der Waals surface area contributed by atoms with Crippen LogP contribution in [0.1, 0.15) is 6.42 Å². The van der Waals surface area contributed by atoms with Crippen molar-refractivity contribution in [2.75, 3.05) is 23.9 Å². The van der Waals surface area contributed by atoms with Crippen LogP contribution >= 0.6 is 24.0 Å². The Morgan fingerprint density at radius 2 is 2.04 bits per heavy atom. The van der Waals surface area contributed by atoms with Crippen molar-refractivity contribution in [2.24, 2.45) is 0 Å². The van der Waals surface area contributed by atoms with Gasteiger partial charge in [0.15, 0.2) is 5.11 Å². The molecular weight excluding hydrogens is 389 g/mol. The number of carbonyl (C=O) groups excluding carboxylic acids is 1. The molecule has 1 aromatic carbocycles. The molecule has 1 atom stereocenters. The Bertz CT molecular complexity index is 648. The maximum atomic E-state index is 12.1. The van der Waals surface area contributed by atoms with Gasteiger partial charge in [-0.15, -0.1) is 13.2 Å². The van der Waals surface area contributed by atoms with Crippen LogP contribution in [0.4, 0.5) is 18.9 Å². The molecule has 3 N–H and O–H groups in total. The molecule has 6 nitrogen and oxygen atoms in total. The van der Waals surface area contributed by atoms with Gasteiger partial charge in [0.25, 0.3) is 0 Å². The standard InChI is InChI=1S/C15H17F3N4O2S2/c1-26-9-12(13(23)20-8-2-7-19)22-14(25)21-10-3-5-11(6-4-10)24-15(16,17)18/h3-6,12H,2,8-9H2,1H3,(H,20,23)(H2,21,22,25). The zero-order chi connectivity index (χ0) is 19.6. The van der Waals surface area contributed by atoms with Gasteiger partial charge in [-0.05, 0) is 42.7 Å². The Morgan fingerprint density at radius 3 is 2.58 bits per heavy atom. The van der Waals surface area contributed by atoms with Crippen molar-refractivity contribution < 1.29 is 22.7 Å². The average Bonchev–Trinajstić information content (AvgIpc) is 2.55. The summed E-state index contributed by atoms with van der Waals surface area (Å²) < 4.78 is 40.2. The SMILES string of the molecule is CSCC(NC(=S)Nc1ccc(OC(F)(F)F)cc1)C(=O)NCCC#N. The Morgan fingerprint density at radius 1 is 1.38 bits per heavy atom. The van der Waals surface area contributed by atoms with E-state index in [4.69, 9.17) is 17.5 Å². The molecule has 0 heterocycles. The van der Waals surface area contributed by atoms with Crippen LogP contribution in [0.25, 0.3) is 0 Å². The van der Waals surface area contributed by atoms with Gasteiger partial charge in [0.05, 0.1) is 12.5 Å².